The summed E-state index contributed by atoms with van der Waals surface area (Å²) >= 11 is 3.61. The van der Waals surface area contributed by atoms with Crippen LogP contribution in [0, 0.1) is 13.8 Å². The highest BCUT2D eigenvalue weighted by Gasteiger charge is 2.37. The summed E-state index contributed by atoms with van der Waals surface area (Å²) in [5.74, 6) is 0.511. The third-order valence-electron chi connectivity index (χ3n) is 8.29. The highest BCUT2D eigenvalue weighted by atomic mass is 79.9. The van der Waals surface area contributed by atoms with E-state index in [1.807, 2.05) is 47.6 Å². The van der Waals surface area contributed by atoms with E-state index >= 15 is 0 Å². The number of hydrogen-bond acceptors (Lipinski definition) is 4. The minimum atomic E-state index is -0.155. The molecule has 0 spiro atoms. The molecule has 5 rings (SSSR count). The maximum absolute atomic E-state index is 14.4. The largest absolute Gasteiger partial charge is 0.496 e. The second kappa shape index (κ2) is 13.4. The van der Waals surface area contributed by atoms with Gasteiger partial charge in [0.05, 0.1) is 30.3 Å². The normalized spacial score (nSPS) is 17.9. The highest BCUT2D eigenvalue weighted by molar-refractivity contribution is 9.10. The average molecular weight is 652 g/mol. The Hall–Kier alpha value is -3.59. The van der Waals surface area contributed by atoms with Crippen molar-refractivity contribution < 1.29 is 19.1 Å². The molecule has 2 atom stereocenters. The first-order valence-corrected chi connectivity index (χ1v) is 15.7. The number of ether oxygens (including phenoxy) is 1. The third kappa shape index (κ3) is 6.23. The lowest BCUT2D eigenvalue weighted by molar-refractivity contribution is -0.133. The average Bonchev–Trinajstić information content (AvgIpc) is 3.20. The van der Waals surface area contributed by atoms with E-state index in [4.69, 9.17) is 4.74 Å². The number of aryl methyl sites for hydroxylation is 1. The van der Waals surface area contributed by atoms with E-state index in [1.54, 1.807) is 12.0 Å². The summed E-state index contributed by atoms with van der Waals surface area (Å²) in [5.41, 5.74) is 5.45. The summed E-state index contributed by atoms with van der Waals surface area (Å²) < 4.78 is 8.45. The highest BCUT2D eigenvalue weighted by Crippen LogP contribution is 2.40. The van der Waals surface area contributed by atoms with Gasteiger partial charge in [0.15, 0.2) is 0 Å². The van der Waals surface area contributed by atoms with Gasteiger partial charge in [0, 0.05) is 40.2 Å². The van der Waals surface area contributed by atoms with Crippen LogP contribution < -0.4 is 10.1 Å². The summed E-state index contributed by atoms with van der Waals surface area (Å²) in [4.78, 5) is 42.9. The van der Waals surface area contributed by atoms with E-state index < -0.39 is 0 Å². The van der Waals surface area contributed by atoms with Crippen LogP contribution in [0.2, 0.25) is 0 Å². The quantitative estimate of drug-likeness (QED) is 0.327. The van der Waals surface area contributed by atoms with Gasteiger partial charge in [-0.2, -0.15) is 0 Å². The maximum Gasteiger partial charge on any atom is 0.257 e. The number of likely N-dealkylation sites (tertiary alicyclic amines) is 1. The first kappa shape index (κ1) is 32.3. The second-order valence-electron chi connectivity index (χ2n) is 11.6. The minimum Gasteiger partial charge on any atom is -0.496 e. The van der Waals surface area contributed by atoms with Gasteiger partial charge in [-0.3, -0.25) is 14.4 Å². The SMILES string of the molecule is C=CC(=O)N1CC(NC(=O)Cn2c(C)c(C(=O)N3C(C)Cc4c(OC)cccc4C3C)c3cc(Br)cc(C)c32)C1.CCC. The molecule has 1 fully saturated rings. The molecule has 8 nitrogen and oxygen atoms in total. The van der Waals surface area contributed by atoms with Crippen molar-refractivity contribution in [2.24, 2.45) is 0 Å². The molecule has 1 N–H and O–H groups in total. The number of aromatic nitrogens is 1. The van der Waals surface area contributed by atoms with Crippen LogP contribution in [-0.2, 0) is 22.6 Å². The molecule has 2 unspecified atom stereocenters. The van der Waals surface area contributed by atoms with E-state index in [2.05, 4.69) is 61.6 Å². The lowest BCUT2D eigenvalue weighted by Gasteiger charge is -2.41. The summed E-state index contributed by atoms with van der Waals surface area (Å²) in [6.45, 7) is 16.8. The predicted octanol–water partition coefficient (Wildman–Crippen LogP) is 6.11. The van der Waals surface area contributed by atoms with Gasteiger partial charge >= 0.3 is 0 Å². The zero-order valence-electron chi connectivity index (χ0n) is 26.3. The van der Waals surface area contributed by atoms with Crippen LogP contribution in [0.5, 0.6) is 5.75 Å². The molecule has 230 valence electrons. The molecular weight excluding hydrogens is 608 g/mol. The molecule has 0 aliphatic carbocycles. The van der Waals surface area contributed by atoms with Crippen LogP contribution in [0.15, 0.2) is 47.5 Å². The number of carbonyl (C=O) groups is 3. The molecule has 0 saturated carbocycles. The van der Waals surface area contributed by atoms with Crippen LogP contribution in [0.25, 0.3) is 10.9 Å². The number of nitrogens with zero attached hydrogens (tertiary/aromatic N) is 3. The molecule has 0 bridgehead atoms. The Kier molecular flexibility index (Phi) is 10.1. The molecule has 2 aromatic carbocycles. The third-order valence-corrected chi connectivity index (χ3v) is 8.74. The van der Waals surface area contributed by atoms with Gasteiger partial charge in [-0.05, 0) is 69.5 Å². The standard InChI is InChI=1S/C31H35BrN4O4.C3H8/c1-7-28(38)34-14-22(15-34)33-27(37)16-35-20(5)29(25-13-21(32)11-17(2)30(25)35)31(39)36-18(3)12-24-23(19(36)4)9-8-10-26(24)40-6;1-3-2/h7-11,13,18-19,22H,1,12,14-16H2,2-6H3,(H,33,37);3H2,1-2H3. The van der Waals surface area contributed by atoms with Crippen molar-refractivity contribution in [2.45, 2.75) is 79.1 Å². The molecule has 43 heavy (non-hydrogen) atoms. The summed E-state index contributed by atoms with van der Waals surface area (Å²) in [7, 11) is 1.68. The number of methoxy groups -OCH3 is 1. The number of carbonyl (C=O) groups excluding carboxylic acids is 3. The molecule has 1 saturated heterocycles. The van der Waals surface area contributed by atoms with Crippen molar-refractivity contribution in [3.63, 3.8) is 0 Å². The Labute approximate surface area is 263 Å². The fraction of sp³-hybridized carbons (Fsp3) is 0.441. The van der Waals surface area contributed by atoms with Gasteiger partial charge in [0.25, 0.3) is 5.91 Å². The van der Waals surface area contributed by atoms with Gasteiger partial charge in [0.2, 0.25) is 11.8 Å². The number of hydrogen-bond donors (Lipinski definition) is 1. The van der Waals surface area contributed by atoms with Crippen LogP contribution in [-0.4, -0.2) is 64.4 Å². The molecule has 9 heteroatoms. The van der Waals surface area contributed by atoms with E-state index in [1.165, 1.54) is 12.5 Å². The number of nitrogens with one attached hydrogen (secondary N) is 1. The van der Waals surface area contributed by atoms with E-state index in [9.17, 15) is 14.4 Å². The lowest BCUT2D eigenvalue weighted by Crippen LogP contribution is -2.61. The molecule has 1 aromatic heterocycles. The molecular formula is C34H43BrN4O4. The van der Waals surface area contributed by atoms with Crippen LogP contribution in [0.4, 0.5) is 0 Å². The van der Waals surface area contributed by atoms with Crippen LogP contribution >= 0.6 is 15.9 Å². The van der Waals surface area contributed by atoms with E-state index in [0.717, 1.165) is 43.5 Å². The van der Waals surface area contributed by atoms with E-state index in [0.29, 0.717) is 25.1 Å². The topological polar surface area (TPSA) is 83.9 Å². The maximum atomic E-state index is 14.4. The van der Waals surface area contributed by atoms with Gasteiger partial charge in [-0.15, -0.1) is 0 Å². The van der Waals surface area contributed by atoms with Crippen molar-refractivity contribution in [3.05, 3.63) is 75.4 Å². The van der Waals surface area contributed by atoms with Gasteiger partial charge in [0.1, 0.15) is 12.3 Å². The Morgan fingerprint density at radius 2 is 1.81 bits per heavy atom. The Bertz CT molecular complexity index is 1560. The fourth-order valence-corrected chi connectivity index (χ4v) is 6.93. The van der Waals surface area contributed by atoms with E-state index in [-0.39, 0.29) is 42.4 Å². The number of amides is 3. The van der Waals surface area contributed by atoms with Crippen LogP contribution in [0.3, 0.4) is 0 Å². The lowest BCUT2D eigenvalue weighted by atomic mass is 9.88. The van der Waals surface area contributed by atoms with Crippen molar-refractivity contribution >= 4 is 44.6 Å². The number of rotatable bonds is 6. The zero-order chi connectivity index (χ0) is 31.6. The van der Waals surface area contributed by atoms with Gasteiger partial charge in [-0.1, -0.05) is 54.9 Å². The summed E-state index contributed by atoms with van der Waals surface area (Å²) in [5, 5.41) is 3.85. The van der Waals surface area contributed by atoms with Gasteiger partial charge in [-0.25, -0.2) is 0 Å². The van der Waals surface area contributed by atoms with Crippen molar-refractivity contribution in [2.75, 3.05) is 20.2 Å². The molecule has 0 radical (unpaired) electrons. The summed E-state index contributed by atoms with van der Waals surface area (Å²) in [6.07, 6.45) is 3.23. The Morgan fingerprint density at radius 3 is 2.44 bits per heavy atom. The molecule has 3 amide bonds. The smallest absolute Gasteiger partial charge is 0.257 e. The molecule has 3 aromatic rings. The predicted molar refractivity (Wildman–Crippen MR) is 175 cm³/mol. The number of halogens is 1. The molecule has 2 aliphatic rings. The molecule has 3 heterocycles. The number of fused-ring (bicyclic) bond motifs is 2. The van der Waals surface area contributed by atoms with Gasteiger partial charge < -0.3 is 24.4 Å². The monoisotopic (exact) mass is 650 g/mol. The first-order valence-electron chi connectivity index (χ1n) is 14.9. The fourth-order valence-electron chi connectivity index (χ4n) is 6.36. The zero-order valence-corrected chi connectivity index (χ0v) is 27.9. The van der Waals surface area contributed by atoms with Crippen molar-refractivity contribution in [1.82, 2.24) is 19.7 Å². The first-order chi connectivity index (χ1) is 20.5. The Balaban J connectivity index is 0.00000135. The number of benzene rings is 2. The summed E-state index contributed by atoms with van der Waals surface area (Å²) in [6, 6.07) is 9.70. The minimum absolute atomic E-state index is 0.0412. The Morgan fingerprint density at radius 1 is 1.14 bits per heavy atom. The molecule has 2 aliphatic heterocycles. The second-order valence-corrected chi connectivity index (χ2v) is 12.5. The van der Waals surface area contributed by atoms with Crippen molar-refractivity contribution in [1.29, 1.82) is 0 Å². The van der Waals surface area contributed by atoms with Crippen molar-refractivity contribution in [3.8, 4) is 5.75 Å². The van der Waals surface area contributed by atoms with Crippen LogP contribution in [0.1, 0.15) is 72.9 Å².